The Hall–Kier alpha value is -1.88. The maximum absolute atomic E-state index is 12.0. The van der Waals surface area contributed by atoms with Crippen molar-refractivity contribution in [3.05, 3.63) is 29.3 Å². The molecule has 5 heteroatoms. The molecule has 0 saturated carbocycles. The highest BCUT2D eigenvalue weighted by Gasteiger charge is 2.17. The molecule has 1 saturated heterocycles. The monoisotopic (exact) mass is 330 g/mol. The van der Waals surface area contributed by atoms with Crippen LogP contribution >= 0.6 is 0 Å². The molecule has 1 atom stereocenters. The molecule has 3 rings (SSSR count). The lowest BCUT2D eigenvalue weighted by molar-refractivity contribution is 0.0103. The lowest BCUT2D eigenvalue weighted by Gasteiger charge is -2.22. The van der Waals surface area contributed by atoms with Gasteiger partial charge in [-0.05, 0) is 62.6 Å². The van der Waals surface area contributed by atoms with E-state index in [4.69, 9.17) is 4.74 Å². The number of amides is 2. The van der Waals surface area contributed by atoms with Crippen LogP contribution in [-0.4, -0.2) is 31.1 Å². The minimum atomic E-state index is -0.220. The highest BCUT2D eigenvalue weighted by Crippen LogP contribution is 2.24. The predicted molar refractivity (Wildman–Crippen MR) is 93.6 cm³/mol. The van der Waals surface area contributed by atoms with E-state index in [1.165, 1.54) is 12.8 Å². The van der Waals surface area contributed by atoms with Crippen LogP contribution in [0, 0.1) is 0 Å². The molecule has 1 aromatic carbocycles. The van der Waals surface area contributed by atoms with E-state index in [2.05, 4.69) is 10.6 Å². The first-order chi connectivity index (χ1) is 11.7. The van der Waals surface area contributed by atoms with Crippen molar-refractivity contribution in [3.8, 4) is 0 Å². The van der Waals surface area contributed by atoms with Crippen LogP contribution in [0.3, 0.4) is 0 Å². The van der Waals surface area contributed by atoms with Gasteiger partial charge in [0, 0.05) is 30.8 Å². The van der Waals surface area contributed by atoms with Gasteiger partial charge in [0.1, 0.15) is 0 Å². The number of carbonyl (C=O) groups excluding carboxylic acids is 2. The summed E-state index contributed by atoms with van der Waals surface area (Å²) in [4.78, 5) is 23.9. The molecule has 1 aromatic rings. The predicted octanol–water partition coefficient (Wildman–Crippen LogP) is 3.68. The first kappa shape index (κ1) is 17.0. The van der Waals surface area contributed by atoms with Crippen molar-refractivity contribution in [1.29, 1.82) is 0 Å². The van der Waals surface area contributed by atoms with Gasteiger partial charge in [0.15, 0.2) is 5.78 Å². The largest absolute Gasteiger partial charge is 0.378 e. The molecule has 5 nitrogen and oxygen atoms in total. The highest BCUT2D eigenvalue weighted by atomic mass is 16.5. The summed E-state index contributed by atoms with van der Waals surface area (Å²) >= 11 is 0. The maximum Gasteiger partial charge on any atom is 0.319 e. The van der Waals surface area contributed by atoms with Crippen LogP contribution in [0.1, 0.15) is 60.9 Å². The van der Waals surface area contributed by atoms with E-state index in [9.17, 15) is 9.59 Å². The zero-order valence-corrected chi connectivity index (χ0v) is 14.1. The Labute approximate surface area is 143 Å². The molecule has 1 aliphatic heterocycles. The van der Waals surface area contributed by atoms with Crippen LogP contribution < -0.4 is 10.6 Å². The van der Waals surface area contributed by atoms with E-state index < -0.39 is 0 Å². The van der Waals surface area contributed by atoms with E-state index in [1.54, 1.807) is 6.07 Å². The number of rotatable bonds is 5. The van der Waals surface area contributed by atoms with Crippen molar-refractivity contribution in [1.82, 2.24) is 5.32 Å². The number of ketones is 1. The van der Waals surface area contributed by atoms with Crippen LogP contribution in [0.15, 0.2) is 18.2 Å². The van der Waals surface area contributed by atoms with E-state index in [0.29, 0.717) is 24.8 Å². The summed E-state index contributed by atoms with van der Waals surface area (Å²) in [6.07, 6.45) is 8.28. The second-order valence-corrected chi connectivity index (χ2v) is 6.66. The third-order valence-electron chi connectivity index (χ3n) is 4.78. The molecular formula is C19H26N2O3. The zero-order valence-electron chi connectivity index (χ0n) is 14.1. The van der Waals surface area contributed by atoms with Crippen molar-refractivity contribution in [2.75, 3.05) is 18.5 Å². The summed E-state index contributed by atoms with van der Waals surface area (Å²) in [5.74, 6) is 0.174. The average molecular weight is 330 g/mol. The Morgan fingerprint density at radius 1 is 1.21 bits per heavy atom. The van der Waals surface area contributed by atoms with Gasteiger partial charge in [0.25, 0.3) is 0 Å². The van der Waals surface area contributed by atoms with Gasteiger partial charge in [-0.1, -0.05) is 6.07 Å². The van der Waals surface area contributed by atoms with Gasteiger partial charge < -0.3 is 15.4 Å². The van der Waals surface area contributed by atoms with Crippen molar-refractivity contribution in [3.63, 3.8) is 0 Å². The van der Waals surface area contributed by atoms with Crippen LogP contribution in [0.4, 0.5) is 10.5 Å². The molecule has 1 heterocycles. The Morgan fingerprint density at radius 3 is 2.96 bits per heavy atom. The normalized spacial score (nSPS) is 20.3. The fourth-order valence-electron chi connectivity index (χ4n) is 3.45. The molecule has 24 heavy (non-hydrogen) atoms. The molecule has 0 spiro atoms. The zero-order chi connectivity index (χ0) is 16.8. The van der Waals surface area contributed by atoms with E-state index in [0.717, 1.165) is 49.8 Å². The number of Topliss-reactive ketones (excluding diaryl/α,β-unsaturated/α-hetero) is 1. The number of hydrogen-bond donors (Lipinski definition) is 2. The second-order valence-electron chi connectivity index (χ2n) is 6.66. The van der Waals surface area contributed by atoms with E-state index >= 15 is 0 Å². The molecule has 0 bridgehead atoms. The number of carbonyl (C=O) groups is 2. The quantitative estimate of drug-likeness (QED) is 0.809. The number of fused-ring (bicyclic) bond motifs is 1. The number of ether oxygens (including phenoxy) is 1. The van der Waals surface area contributed by atoms with Crippen LogP contribution in [-0.2, 0) is 11.2 Å². The first-order valence-corrected chi connectivity index (χ1v) is 9.05. The summed E-state index contributed by atoms with van der Waals surface area (Å²) in [6.45, 7) is 1.51. The fraction of sp³-hybridized carbons (Fsp3) is 0.579. The van der Waals surface area contributed by atoms with Crippen molar-refractivity contribution < 1.29 is 14.3 Å². The lowest BCUT2D eigenvalue weighted by Crippen LogP contribution is -2.30. The Kier molecular flexibility index (Phi) is 5.86. The van der Waals surface area contributed by atoms with Gasteiger partial charge in [-0.25, -0.2) is 4.79 Å². The topological polar surface area (TPSA) is 67.4 Å². The highest BCUT2D eigenvalue weighted by molar-refractivity contribution is 6.00. The summed E-state index contributed by atoms with van der Waals surface area (Å²) < 4.78 is 5.68. The molecule has 2 amide bonds. The summed E-state index contributed by atoms with van der Waals surface area (Å²) in [5.41, 5.74) is 2.52. The maximum atomic E-state index is 12.0. The lowest BCUT2D eigenvalue weighted by atomic mass is 9.90. The smallest absolute Gasteiger partial charge is 0.319 e. The number of benzene rings is 1. The molecule has 2 aliphatic rings. The molecule has 0 aromatic heterocycles. The second kappa shape index (κ2) is 8.29. The van der Waals surface area contributed by atoms with Crippen molar-refractivity contribution in [2.24, 2.45) is 0 Å². The minimum absolute atomic E-state index is 0.174. The number of nitrogens with one attached hydrogen (secondary N) is 2. The number of hydrogen-bond acceptors (Lipinski definition) is 3. The first-order valence-electron chi connectivity index (χ1n) is 9.05. The van der Waals surface area contributed by atoms with Gasteiger partial charge in [0.2, 0.25) is 0 Å². The molecule has 2 N–H and O–H groups in total. The van der Waals surface area contributed by atoms with E-state index in [1.807, 2.05) is 12.1 Å². The molecule has 0 radical (unpaired) electrons. The van der Waals surface area contributed by atoms with Gasteiger partial charge in [-0.2, -0.15) is 0 Å². The Morgan fingerprint density at radius 2 is 2.12 bits per heavy atom. The van der Waals surface area contributed by atoms with Crippen LogP contribution in [0.5, 0.6) is 0 Å². The fourth-order valence-corrected chi connectivity index (χ4v) is 3.45. The Balaban J connectivity index is 1.41. The number of anilines is 1. The van der Waals surface area contributed by atoms with Gasteiger partial charge >= 0.3 is 6.03 Å². The number of aryl methyl sites for hydroxylation is 1. The molecule has 1 aliphatic carbocycles. The molecule has 130 valence electrons. The Bertz CT molecular complexity index is 594. The minimum Gasteiger partial charge on any atom is -0.378 e. The SMILES string of the molecule is O=C(NCCC[C@H]1CCCCO1)Nc1ccc2c(c1)C(=O)CCC2. The van der Waals surface area contributed by atoms with Crippen LogP contribution in [0.2, 0.25) is 0 Å². The van der Waals surface area contributed by atoms with Crippen LogP contribution in [0.25, 0.3) is 0 Å². The molecule has 0 unspecified atom stereocenters. The van der Waals surface area contributed by atoms with Crippen molar-refractivity contribution in [2.45, 2.75) is 57.5 Å². The molecular weight excluding hydrogens is 304 g/mol. The molecule has 1 fully saturated rings. The van der Waals surface area contributed by atoms with Gasteiger partial charge in [0.05, 0.1) is 6.10 Å². The summed E-state index contributed by atoms with van der Waals surface area (Å²) in [6, 6.07) is 5.39. The van der Waals surface area contributed by atoms with E-state index in [-0.39, 0.29) is 11.8 Å². The third kappa shape index (κ3) is 4.57. The van der Waals surface area contributed by atoms with Gasteiger partial charge in [-0.15, -0.1) is 0 Å². The van der Waals surface area contributed by atoms with Crippen molar-refractivity contribution >= 4 is 17.5 Å². The summed E-state index contributed by atoms with van der Waals surface area (Å²) in [7, 11) is 0. The van der Waals surface area contributed by atoms with Gasteiger partial charge in [-0.3, -0.25) is 4.79 Å². The number of urea groups is 1. The summed E-state index contributed by atoms with van der Waals surface area (Å²) in [5, 5.41) is 5.69. The third-order valence-corrected chi connectivity index (χ3v) is 4.78. The standard InChI is InChI=1S/C19H26N2O3/c22-18-8-3-5-14-9-10-15(13-17(14)18)21-19(23)20-11-4-7-16-6-1-2-12-24-16/h9-10,13,16H,1-8,11-12H2,(H2,20,21,23)/t16-/m1/s1. The average Bonchev–Trinajstić information content (AvgIpc) is 2.60.